The minimum Gasteiger partial charge on any atom is -0.367 e. The smallest absolute Gasteiger partial charge is 0.255 e. The van der Waals surface area contributed by atoms with Crippen molar-refractivity contribution in [2.24, 2.45) is 0 Å². The van der Waals surface area contributed by atoms with Gasteiger partial charge < -0.3 is 15.0 Å². The molecule has 3 heterocycles. The lowest BCUT2D eigenvalue weighted by Crippen LogP contribution is -2.42. The van der Waals surface area contributed by atoms with Crippen LogP contribution in [0, 0.1) is 0 Å². The third-order valence-corrected chi connectivity index (χ3v) is 4.47. The van der Waals surface area contributed by atoms with Gasteiger partial charge in [-0.2, -0.15) is 5.10 Å². The molecule has 1 aliphatic heterocycles. The molecule has 2 aromatic heterocycles. The number of aromatic amines is 1. The highest BCUT2D eigenvalue weighted by Crippen LogP contribution is 2.24. The van der Waals surface area contributed by atoms with Crippen LogP contribution in [0.4, 0.5) is 5.82 Å². The van der Waals surface area contributed by atoms with E-state index < -0.39 is 0 Å². The van der Waals surface area contributed by atoms with Crippen LogP contribution in [0.1, 0.15) is 47.9 Å². The molecule has 0 bridgehead atoms. The summed E-state index contributed by atoms with van der Waals surface area (Å²) in [6.45, 7) is 3.49. The highest BCUT2D eigenvalue weighted by molar-refractivity contribution is 5.94. The minimum atomic E-state index is -0.294. The fraction of sp³-hybridized carbons (Fsp3) is 0.529. The lowest BCUT2D eigenvalue weighted by molar-refractivity contribution is -0.0266. The molecule has 0 aromatic carbocycles. The molecular weight excluding hydrogens is 320 g/mol. The first-order valence-corrected chi connectivity index (χ1v) is 8.77. The Hall–Kier alpha value is -2.48. The molecule has 1 unspecified atom stereocenters. The number of morpholine rings is 1. The van der Waals surface area contributed by atoms with Crippen LogP contribution in [0.25, 0.3) is 0 Å². The van der Waals surface area contributed by atoms with E-state index in [0.717, 1.165) is 18.1 Å². The van der Waals surface area contributed by atoms with Gasteiger partial charge in [0.1, 0.15) is 17.7 Å². The zero-order chi connectivity index (χ0) is 17.2. The van der Waals surface area contributed by atoms with Gasteiger partial charge in [-0.3, -0.25) is 9.89 Å². The second kappa shape index (κ2) is 6.79. The SMILES string of the molecule is CCc1nc(C2CN(C(=O)c3ccc(NC4CC4)nc3)CCO2)n[nH]1. The number of carbonyl (C=O) groups excluding carboxylic acids is 1. The first-order valence-electron chi connectivity index (χ1n) is 8.77. The van der Waals surface area contributed by atoms with Crippen LogP contribution >= 0.6 is 0 Å². The summed E-state index contributed by atoms with van der Waals surface area (Å²) < 4.78 is 5.74. The van der Waals surface area contributed by atoms with Crippen molar-refractivity contribution in [3.63, 3.8) is 0 Å². The van der Waals surface area contributed by atoms with Crippen LogP contribution in [-0.2, 0) is 11.2 Å². The number of aryl methyl sites for hydroxylation is 1. The van der Waals surface area contributed by atoms with Crippen LogP contribution < -0.4 is 5.32 Å². The Morgan fingerprint density at radius 2 is 2.32 bits per heavy atom. The van der Waals surface area contributed by atoms with Crippen molar-refractivity contribution in [3.8, 4) is 0 Å². The molecule has 8 nitrogen and oxygen atoms in total. The molecule has 1 amide bonds. The fourth-order valence-electron chi connectivity index (χ4n) is 2.83. The maximum absolute atomic E-state index is 12.7. The van der Waals surface area contributed by atoms with Gasteiger partial charge in [0, 0.05) is 25.2 Å². The number of pyridine rings is 1. The largest absolute Gasteiger partial charge is 0.367 e. The molecule has 1 atom stereocenters. The number of hydrogen-bond acceptors (Lipinski definition) is 6. The number of carbonyl (C=O) groups is 1. The van der Waals surface area contributed by atoms with E-state index >= 15 is 0 Å². The Labute approximate surface area is 146 Å². The van der Waals surface area contributed by atoms with E-state index in [1.54, 1.807) is 11.1 Å². The highest BCUT2D eigenvalue weighted by atomic mass is 16.5. The van der Waals surface area contributed by atoms with E-state index in [1.165, 1.54) is 12.8 Å². The monoisotopic (exact) mass is 342 g/mol. The Morgan fingerprint density at radius 1 is 1.44 bits per heavy atom. The summed E-state index contributed by atoms with van der Waals surface area (Å²) in [6, 6.07) is 4.24. The van der Waals surface area contributed by atoms with Gasteiger partial charge in [0.25, 0.3) is 5.91 Å². The van der Waals surface area contributed by atoms with E-state index in [2.05, 4.69) is 25.5 Å². The van der Waals surface area contributed by atoms with Crippen molar-refractivity contribution >= 4 is 11.7 Å². The zero-order valence-corrected chi connectivity index (χ0v) is 14.2. The second-order valence-electron chi connectivity index (χ2n) is 6.46. The topological polar surface area (TPSA) is 96.0 Å². The van der Waals surface area contributed by atoms with Crippen molar-refractivity contribution in [1.29, 1.82) is 0 Å². The number of anilines is 1. The molecule has 1 aliphatic carbocycles. The van der Waals surface area contributed by atoms with Gasteiger partial charge in [0.15, 0.2) is 5.82 Å². The highest BCUT2D eigenvalue weighted by Gasteiger charge is 2.29. The molecule has 132 valence electrons. The molecular formula is C17H22N6O2. The Bertz CT molecular complexity index is 740. The van der Waals surface area contributed by atoms with Crippen molar-refractivity contribution < 1.29 is 9.53 Å². The van der Waals surface area contributed by atoms with Crippen LogP contribution in [0.15, 0.2) is 18.3 Å². The summed E-state index contributed by atoms with van der Waals surface area (Å²) >= 11 is 0. The van der Waals surface area contributed by atoms with E-state index in [1.807, 2.05) is 19.1 Å². The second-order valence-corrected chi connectivity index (χ2v) is 6.46. The average Bonchev–Trinajstić information content (AvgIpc) is 3.34. The van der Waals surface area contributed by atoms with Crippen molar-refractivity contribution in [2.75, 3.05) is 25.0 Å². The molecule has 2 N–H and O–H groups in total. The third-order valence-electron chi connectivity index (χ3n) is 4.47. The molecule has 1 saturated heterocycles. The molecule has 8 heteroatoms. The molecule has 4 rings (SSSR count). The summed E-state index contributed by atoms with van der Waals surface area (Å²) in [6.07, 6.45) is 4.52. The zero-order valence-electron chi connectivity index (χ0n) is 14.2. The van der Waals surface area contributed by atoms with Gasteiger partial charge in [-0.05, 0) is 25.0 Å². The predicted octanol–water partition coefficient (Wildman–Crippen LogP) is 1.55. The maximum atomic E-state index is 12.7. The van der Waals surface area contributed by atoms with Gasteiger partial charge in [-0.15, -0.1) is 0 Å². The van der Waals surface area contributed by atoms with Crippen LogP contribution in [0.3, 0.4) is 0 Å². The van der Waals surface area contributed by atoms with Gasteiger partial charge >= 0.3 is 0 Å². The van der Waals surface area contributed by atoms with Crippen molar-refractivity contribution in [3.05, 3.63) is 35.5 Å². The first-order chi connectivity index (χ1) is 12.2. The number of ether oxygens (including phenoxy) is 1. The number of hydrogen-bond donors (Lipinski definition) is 2. The molecule has 0 radical (unpaired) electrons. The lowest BCUT2D eigenvalue weighted by Gasteiger charge is -2.31. The van der Waals surface area contributed by atoms with Gasteiger partial charge in [0.05, 0.1) is 18.7 Å². The first kappa shape index (κ1) is 16.0. The predicted molar refractivity (Wildman–Crippen MR) is 91.2 cm³/mol. The molecule has 0 spiro atoms. The standard InChI is InChI=1S/C17H22N6O2/c1-2-14-20-16(22-21-14)13-10-23(7-8-25-13)17(24)11-3-6-15(18-9-11)19-12-4-5-12/h3,6,9,12-13H,2,4-5,7-8,10H2,1H3,(H,18,19)(H,20,21,22). The molecule has 2 aliphatic rings. The molecule has 1 saturated carbocycles. The van der Waals surface area contributed by atoms with Gasteiger partial charge in [-0.1, -0.05) is 6.92 Å². The summed E-state index contributed by atoms with van der Waals surface area (Å²) in [5.74, 6) is 2.22. The maximum Gasteiger partial charge on any atom is 0.255 e. The van der Waals surface area contributed by atoms with Gasteiger partial charge in [-0.25, -0.2) is 9.97 Å². The Morgan fingerprint density at radius 3 is 3.00 bits per heavy atom. The van der Waals surface area contributed by atoms with E-state index in [0.29, 0.717) is 37.1 Å². The molecule has 25 heavy (non-hydrogen) atoms. The van der Waals surface area contributed by atoms with Crippen molar-refractivity contribution in [1.82, 2.24) is 25.1 Å². The van der Waals surface area contributed by atoms with E-state index in [-0.39, 0.29) is 12.0 Å². The number of amides is 1. The number of H-pyrrole nitrogens is 1. The summed E-state index contributed by atoms with van der Waals surface area (Å²) in [5, 5.41) is 10.4. The lowest BCUT2D eigenvalue weighted by atomic mass is 10.2. The minimum absolute atomic E-state index is 0.0370. The normalized spacial score (nSPS) is 20.5. The van der Waals surface area contributed by atoms with Gasteiger partial charge in [0.2, 0.25) is 0 Å². The molecule has 2 aromatic rings. The third kappa shape index (κ3) is 3.63. The number of nitrogens with one attached hydrogen (secondary N) is 2. The van der Waals surface area contributed by atoms with Crippen LogP contribution in [0.5, 0.6) is 0 Å². The quantitative estimate of drug-likeness (QED) is 0.856. The number of rotatable bonds is 5. The summed E-state index contributed by atoms with van der Waals surface area (Å²) in [4.78, 5) is 23.3. The Kier molecular flexibility index (Phi) is 4.35. The van der Waals surface area contributed by atoms with E-state index in [9.17, 15) is 4.79 Å². The van der Waals surface area contributed by atoms with Crippen molar-refractivity contribution in [2.45, 2.75) is 38.3 Å². The Balaban J connectivity index is 1.42. The van der Waals surface area contributed by atoms with Crippen LogP contribution in [0.2, 0.25) is 0 Å². The van der Waals surface area contributed by atoms with E-state index in [4.69, 9.17) is 4.74 Å². The summed E-state index contributed by atoms with van der Waals surface area (Å²) in [7, 11) is 0. The average molecular weight is 342 g/mol. The summed E-state index contributed by atoms with van der Waals surface area (Å²) in [5.41, 5.74) is 0.589. The fourth-order valence-corrected chi connectivity index (χ4v) is 2.83. The molecule has 2 fully saturated rings. The van der Waals surface area contributed by atoms with Crippen LogP contribution in [-0.4, -0.2) is 56.7 Å². The number of nitrogens with zero attached hydrogens (tertiary/aromatic N) is 4. The number of aromatic nitrogens is 4.